The molecule has 3 rings (SSSR count). The summed E-state index contributed by atoms with van der Waals surface area (Å²) in [7, 11) is 0. The maximum atomic E-state index is 12.5. The van der Waals surface area contributed by atoms with Crippen molar-refractivity contribution in [2.24, 2.45) is 0 Å². The SMILES string of the molecule is O=c1oc(-c2ccccc2)cc2c1nnn2CC(F)(F)F. The number of rotatable bonds is 2. The average Bonchev–Trinajstić information content (AvgIpc) is 2.81. The number of halogens is 3. The van der Waals surface area contributed by atoms with Crippen LogP contribution in [0.25, 0.3) is 22.4 Å². The van der Waals surface area contributed by atoms with Gasteiger partial charge in [-0.2, -0.15) is 13.2 Å². The monoisotopic (exact) mass is 295 g/mol. The van der Waals surface area contributed by atoms with Gasteiger partial charge in [0.05, 0.1) is 0 Å². The minimum Gasteiger partial charge on any atom is -0.421 e. The normalized spacial score (nSPS) is 12.0. The highest BCUT2D eigenvalue weighted by Crippen LogP contribution is 2.23. The van der Waals surface area contributed by atoms with Crippen LogP contribution in [0.4, 0.5) is 13.2 Å². The van der Waals surface area contributed by atoms with E-state index in [1.807, 2.05) is 0 Å². The predicted molar refractivity (Wildman–Crippen MR) is 67.6 cm³/mol. The third-order valence-corrected chi connectivity index (χ3v) is 2.82. The van der Waals surface area contributed by atoms with Gasteiger partial charge < -0.3 is 4.42 Å². The molecule has 0 fully saturated rings. The van der Waals surface area contributed by atoms with Crippen molar-refractivity contribution in [3.63, 3.8) is 0 Å². The lowest BCUT2D eigenvalue weighted by Gasteiger charge is -2.06. The van der Waals surface area contributed by atoms with Crippen LogP contribution >= 0.6 is 0 Å². The molecule has 1 aromatic carbocycles. The highest BCUT2D eigenvalue weighted by atomic mass is 19.4. The Morgan fingerprint density at radius 3 is 2.57 bits per heavy atom. The van der Waals surface area contributed by atoms with Crippen LogP contribution in [-0.4, -0.2) is 21.2 Å². The maximum absolute atomic E-state index is 12.5. The standard InChI is InChI=1S/C13H8F3N3O2/c14-13(15,16)7-19-9-6-10(8-4-2-1-3-5-8)21-12(20)11(9)17-18-19/h1-6H,7H2. The third-order valence-electron chi connectivity index (χ3n) is 2.82. The zero-order valence-electron chi connectivity index (χ0n) is 10.5. The van der Waals surface area contributed by atoms with Crippen LogP contribution in [-0.2, 0) is 6.54 Å². The van der Waals surface area contributed by atoms with Gasteiger partial charge in [0.1, 0.15) is 17.8 Å². The lowest BCUT2D eigenvalue weighted by atomic mass is 10.1. The molecule has 5 nitrogen and oxygen atoms in total. The highest BCUT2D eigenvalue weighted by Gasteiger charge is 2.30. The minimum absolute atomic E-state index is 0.0116. The van der Waals surface area contributed by atoms with Crippen molar-refractivity contribution < 1.29 is 17.6 Å². The van der Waals surface area contributed by atoms with Gasteiger partial charge in [-0.25, -0.2) is 9.48 Å². The maximum Gasteiger partial charge on any atom is 0.408 e. The summed E-state index contributed by atoms with van der Waals surface area (Å²) in [4.78, 5) is 11.8. The second kappa shape index (κ2) is 4.72. The predicted octanol–water partition coefficient (Wildman–Crippen LogP) is 2.61. The molecule has 0 aliphatic rings. The van der Waals surface area contributed by atoms with E-state index in [2.05, 4.69) is 10.3 Å². The lowest BCUT2D eigenvalue weighted by Crippen LogP contribution is -2.18. The summed E-state index contributed by atoms with van der Waals surface area (Å²) >= 11 is 0. The molecule has 0 saturated carbocycles. The Bertz CT molecular complexity index is 837. The van der Waals surface area contributed by atoms with Gasteiger partial charge in [-0.1, -0.05) is 35.5 Å². The second-order valence-electron chi connectivity index (χ2n) is 4.36. The Hall–Kier alpha value is -2.64. The van der Waals surface area contributed by atoms with Crippen LogP contribution in [0.3, 0.4) is 0 Å². The number of nitrogens with zero attached hydrogens (tertiary/aromatic N) is 3. The summed E-state index contributed by atoms with van der Waals surface area (Å²) in [6.45, 7) is -1.32. The summed E-state index contributed by atoms with van der Waals surface area (Å²) in [6, 6.07) is 9.92. The number of hydrogen-bond donors (Lipinski definition) is 0. The van der Waals surface area contributed by atoms with Gasteiger partial charge in [-0.05, 0) is 0 Å². The molecule has 0 saturated heterocycles. The number of aromatic nitrogens is 3. The van der Waals surface area contributed by atoms with Gasteiger partial charge in [0, 0.05) is 11.6 Å². The first-order valence-corrected chi connectivity index (χ1v) is 5.93. The second-order valence-corrected chi connectivity index (χ2v) is 4.36. The highest BCUT2D eigenvalue weighted by molar-refractivity contribution is 5.77. The molecule has 0 radical (unpaired) electrons. The van der Waals surface area contributed by atoms with E-state index in [9.17, 15) is 18.0 Å². The quantitative estimate of drug-likeness (QED) is 0.729. The fraction of sp³-hybridized carbons (Fsp3) is 0.154. The van der Waals surface area contributed by atoms with E-state index in [4.69, 9.17) is 4.42 Å². The van der Waals surface area contributed by atoms with E-state index < -0.39 is 18.3 Å². The molecule has 2 aromatic heterocycles. The molecule has 0 spiro atoms. The van der Waals surface area contributed by atoms with Crippen LogP contribution in [0.15, 0.2) is 45.6 Å². The zero-order valence-corrected chi connectivity index (χ0v) is 10.5. The Morgan fingerprint density at radius 2 is 1.90 bits per heavy atom. The van der Waals surface area contributed by atoms with Gasteiger partial charge >= 0.3 is 11.8 Å². The van der Waals surface area contributed by atoms with Gasteiger partial charge in [0.25, 0.3) is 0 Å². The van der Waals surface area contributed by atoms with Crippen molar-refractivity contribution in [2.75, 3.05) is 0 Å². The fourth-order valence-corrected chi connectivity index (χ4v) is 1.94. The summed E-state index contributed by atoms with van der Waals surface area (Å²) in [5, 5.41) is 6.81. The molecule has 108 valence electrons. The number of hydrogen-bond acceptors (Lipinski definition) is 4. The number of benzene rings is 1. The summed E-state index contributed by atoms with van der Waals surface area (Å²) in [6.07, 6.45) is -4.45. The molecule has 0 unspecified atom stereocenters. The molecule has 0 aliphatic heterocycles. The van der Waals surface area contributed by atoms with Gasteiger partial charge in [-0.3, -0.25) is 0 Å². The average molecular weight is 295 g/mol. The van der Waals surface area contributed by atoms with Crippen molar-refractivity contribution in [3.05, 3.63) is 46.8 Å². The van der Waals surface area contributed by atoms with Crippen LogP contribution in [0.5, 0.6) is 0 Å². The van der Waals surface area contributed by atoms with Crippen LogP contribution in [0.1, 0.15) is 0 Å². The first-order chi connectivity index (χ1) is 9.94. The van der Waals surface area contributed by atoms with E-state index in [1.165, 1.54) is 6.07 Å². The summed E-state index contributed by atoms with van der Waals surface area (Å²) in [5.74, 6) is 0.166. The van der Waals surface area contributed by atoms with E-state index in [1.54, 1.807) is 30.3 Å². The van der Waals surface area contributed by atoms with Crippen molar-refractivity contribution >= 4 is 11.0 Å². The third kappa shape index (κ3) is 2.64. The van der Waals surface area contributed by atoms with Gasteiger partial charge in [0.2, 0.25) is 0 Å². The minimum atomic E-state index is -4.45. The Kier molecular flexibility index (Phi) is 3.00. The van der Waals surface area contributed by atoms with Crippen LogP contribution in [0, 0.1) is 0 Å². The number of fused-ring (bicyclic) bond motifs is 1. The van der Waals surface area contributed by atoms with Crippen molar-refractivity contribution in [1.82, 2.24) is 15.0 Å². The van der Waals surface area contributed by atoms with Gasteiger partial charge in [-0.15, -0.1) is 5.10 Å². The Morgan fingerprint density at radius 1 is 1.19 bits per heavy atom. The fourth-order valence-electron chi connectivity index (χ4n) is 1.94. The number of alkyl halides is 3. The molecule has 0 bridgehead atoms. The summed E-state index contributed by atoms with van der Waals surface area (Å²) in [5.41, 5.74) is -0.475. The topological polar surface area (TPSA) is 60.9 Å². The molecule has 0 N–H and O–H groups in total. The first-order valence-electron chi connectivity index (χ1n) is 5.93. The van der Waals surface area contributed by atoms with Crippen molar-refractivity contribution in [3.8, 4) is 11.3 Å². The molecular weight excluding hydrogens is 287 g/mol. The molecule has 0 aliphatic carbocycles. The zero-order chi connectivity index (χ0) is 15.0. The Balaban J connectivity index is 2.18. The molecule has 0 amide bonds. The van der Waals surface area contributed by atoms with Crippen molar-refractivity contribution in [2.45, 2.75) is 12.7 Å². The molecule has 8 heteroatoms. The van der Waals surface area contributed by atoms with Gasteiger partial charge in [0.15, 0.2) is 5.52 Å². The molecule has 3 aromatic rings. The summed E-state index contributed by atoms with van der Waals surface area (Å²) < 4.78 is 43.1. The first kappa shape index (κ1) is 13.3. The molecular formula is C13H8F3N3O2. The van der Waals surface area contributed by atoms with Crippen LogP contribution in [0.2, 0.25) is 0 Å². The molecule has 2 heterocycles. The van der Waals surface area contributed by atoms with Crippen LogP contribution < -0.4 is 5.63 Å². The van der Waals surface area contributed by atoms with Crippen molar-refractivity contribution in [1.29, 1.82) is 0 Å². The lowest BCUT2D eigenvalue weighted by molar-refractivity contribution is -0.142. The van der Waals surface area contributed by atoms with E-state index in [-0.39, 0.29) is 16.8 Å². The smallest absolute Gasteiger partial charge is 0.408 e. The Labute approximate surface area is 115 Å². The van der Waals surface area contributed by atoms with E-state index in [0.29, 0.717) is 10.2 Å². The van der Waals surface area contributed by atoms with E-state index in [0.717, 1.165) is 0 Å². The van der Waals surface area contributed by atoms with E-state index >= 15 is 0 Å². The molecule has 0 atom stereocenters. The molecule has 21 heavy (non-hydrogen) atoms. The largest absolute Gasteiger partial charge is 0.421 e.